The van der Waals surface area contributed by atoms with Gasteiger partial charge in [0.25, 0.3) is 5.91 Å². The van der Waals surface area contributed by atoms with Gasteiger partial charge in [-0.05, 0) is 60.1 Å². The number of hydrogen-bond acceptors (Lipinski definition) is 1. The first kappa shape index (κ1) is 22.1. The number of halogens is 4. The first-order chi connectivity index (χ1) is 15.3. The van der Waals surface area contributed by atoms with Crippen molar-refractivity contribution in [3.8, 4) is 11.1 Å². The molecular formula is C26H23F4NO. The van der Waals surface area contributed by atoms with Crippen LogP contribution in [0, 0.1) is 11.7 Å². The fraction of sp³-hybridized carbons (Fsp3) is 0.269. The van der Waals surface area contributed by atoms with Crippen molar-refractivity contribution in [1.82, 2.24) is 4.90 Å². The Kier molecular flexibility index (Phi) is 6.31. The lowest BCUT2D eigenvalue weighted by molar-refractivity contribution is -0.140. The van der Waals surface area contributed by atoms with E-state index in [0.717, 1.165) is 25.3 Å². The van der Waals surface area contributed by atoms with E-state index >= 15 is 0 Å². The fourth-order valence-electron chi connectivity index (χ4n) is 4.20. The number of nitrogens with zero attached hydrogens (tertiary/aromatic N) is 1. The average molecular weight is 441 g/mol. The first-order valence-electron chi connectivity index (χ1n) is 10.6. The molecule has 0 radical (unpaired) electrons. The molecule has 1 saturated heterocycles. The lowest BCUT2D eigenvalue weighted by atomic mass is 9.89. The highest BCUT2D eigenvalue weighted by molar-refractivity contribution is 5.94. The zero-order valence-electron chi connectivity index (χ0n) is 17.4. The molecule has 0 atom stereocenters. The molecule has 1 fully saturated rings. The minimum Gasteiger partial charge on any atom is -0.339 e. The molecule has 4 rings (SSSR count). The van der Waals surface area contributed by atoms with E-state index in [1.54, 1.807) is 4.90 Å². The van der Waals surface area contributed by atoms with E-state index in [4.69, 9.17) is 0 Å². The summed E-state index contributed by atoms with van der Waals surface area (Å²) in [6.07, 6.45) is -2.26. The molecule has 0 aliphatic carbocycles. The zero-order chi connectivity index (χ0) is 22.7. The number of hydrogen-bond donors (Lipinski definition) is 0. The lowest BCUT2D eigenvalue weighted by Gasteiger charge is -2.32. The van der Waals surface area contributed by atoms with Crippen molar-refractivity contribution in [2.45, 2.75) is 25.4 Å². The summed E-state index contributed by atoms with van der Waals surface area (Å²) in [4.78, 5) is 14.2. The Hall–Kier alpha value is -3.15. The van der Waals surface area contributed by atoms with E-state index in [9.17, 15) is 22.4 Å². The number of piperidine rings is 1. The molecule has 1 aliphatic rings. The average Bonchev–Trinajstić information content (AvgIpc) is 2.79. The van der Waals surface area contributed by atoms with E-state index in [-0.39, 0.29) is 5.56 Å². The Bertz CT molecular complexity index is 1070. The van der Waals surface area contributed by atoms with Crippen LogP contribution in [0.3, 0.4) is 0 Å². The number of carbonyl (C=O) groups excluding carboxylic acids is 1. The van der Waals surface area contributed by atoms with Crippen LogP contribution in [0.2, 0.25) is 0 Å². The van der Waals surface area contributed by atoms with E-state index in [2.05, 4.69) is 36.4 Å². The standard InChI is InChI=1S/C26H23F4NO/c27-24-17-22(10-11-23(24)26(28,29)30)25(32)31-14-12-19(13-15-31)16-18-6-8-21(9-7-18)20-4-2-1-3-5-20/h1-11,17,19H,12-16H2. The van der Waals surface area contributed by atoms with Crippen LogP contribution in [-0.2, 0) is 12.6 Å². The Morgan fingerprint density at radius 3 is 2.09 bits per heavy atom. The van der Waals surface area contributed by atoms with Crippen LogP contribution in [0.5, 0.6) is 0 Å². The van der Waals surface area contributed by atoms with Crippen LogP contribution in [0.15, 0.2) is 72.8 Å². The van der Waals surface area contributed by atoms with Crippen molar-refractivity contribution in [3.63, 3.8) is 0 Å². The molecule has 0 unspecified atom stereocenters. The molecule has 166 valence electrons. The number of likely N-dealkylation sites (tertiary alicyclic amines) is 1. The second-order valence-electron chi connectivity index (χ2n) is 8.20. The van der Waals surface area contributed by atoms with Gasteiger partial charge in [0.05, 0.1) is 5.56 Å². The van der Waals surface area contributed by atoms with Gasteiger partial charge in [-0.15, -0.1) is 0 Å². The molecule has 1 amide bonds. The second kappa shape index (κ2) is 9.15. The molecule has 6 heteroatoms. The third kappa shape index (κ3) is 5.01. The normalized spacial score (nSPS) is 15.1. The maximum Gasteiger partial charge on any atom is 0.419 e. The number of alkyl halides is 3. The highest BCUT2D eigenvalue weighted by Gasteiger charge is 2.34. The van der Waals surface area contributed by atoms with Crippen LogP contribution < -0.4 is 0 Å². The van der Waals surface area contributed by atoms with Crippen molar-refractivity contribution in [2.24, 2.45) is 5.92 Å². The SMILES string of the molecule is O=C(c1ccc(C(F)(F)F)c(F)c1)N1CCC(Cc2ccc(-c3ccccc3)cc2)CC1. The van der Waals surface area contributed by atoms with Gasteiger partial charge in [-0.25, -0.2) is 4.39 Å². The maximum absolute atomic E-state index is 13.8. The number of carbonyl (C=O) groups is 1. The largest absolute Gasteiger partial charge is 0.419 e. The molecule has 1 aliphatic heterocycles. The van der Waals surface area contributed by atoms with Gasteiger partial charge in [0, 0.05) is 18.7 Å². The summed E-state index contributed by atoms with van der Waals surface area (Å²) in [6.45, 7) is 1.02. The summed E-state index contributed by atoms with van der Waals surface area (Å²) in [6, 6.07) is 21.0. The van der Waals surface area contributed by atoms with Gasteiger partial charge < -0.3 is 4.90 Å². The van der Waals surface area contributed by atoms with Crippen LogP contribution in [0.25, 0.3) is 11.1 Å². The zero-order valence-corrected chi connectivity index (χ0v) is 17.4. The molecule has 2 nitrogen and oxygen atoms in total. The van der Waals surface area contributed by atoms with E-state index < -0.39 is 23.5 Å². The van der Waals surface area contributed by atoms with E-state index in [1.807, 2.05) is 18.2 Å². The molecule has 3 aromatic carbocycles. The molecule has 0 aromatic heterocycles. The van der Waals surface area contributed by atoms with Crippen molar-refractivity contribution >= 4 is 5.91 Å². The molecule has 0 bridgehead atoms. The van der Waals surface area contributed by atoms with Crippen LogP contribution in [0.4, 0.5) is 17.6 Å². The maximum atomic E-state index is 13.8. The second-order valence-corrected chi connectivity index (χ2v) is 8.20. The van der Waals surface area contributed by atoms with Gasteiger partial charge in [-0.1, -0.05) is 54.6 Å². The summed E-state index contributed by atoms with van der Waals surface area (Å²) >= 11 is 0. The summed E-state index contributed by atoms with van der Waals surface area (Å²) in [5.74, 6) is -1.42. The molecule has 0 N–H and O–H groups in total. The number of amides is 1. The predicted octanol–water partition coefficient (Wildman–Crippen LogP) is 6.61. The van der Waals surface area contributed by atoms with Crippen molar-refractivity contribution in [2.75, 3.05) is 13.1 Å². The summed E-state index contributed by atoms with van der Waals surface area (Å²) in [5.41, 5.74) is 2.17. The van der Waals surface area contributed by atoms with Gasteiger partial charge in [0.2, 0.25) is 0 Å². The van der Waals surface area contributed by atoms with Crippen LogP contribution in [0.1, 0.15) is 34.3 Å². The third-order valence-corrected chi connectivity index (χ3v) is 6.01. The molecule has 0 saturated carbocycles. The van der Waals surface area contributed by atoms with Crippen molar-refractivity contribution in [3.05, 3.63) is 95.3 Å². The molecule has 0 spiro atoms. The van der Waals surface area contributed by atoms with Gasteiger partial charge in [-0.3, -0.25) is 4.79 Å². The Morgan fingerprint density at radius 2 is 1.50 bits per heavy atom. The van der Waals surface area contributed by atoms with Gasteiger partial charge in [-0.2, -0.15) is 13.2 Å². The molecule has 3 aromatic rings. The smallest absolute Gasteiger partial charge is 0.339 e. The van der Waals surface area contributed by atoms with Gasteiger partial charge >= 0.3 is 6.18 Å². The minimum atomic E-state index is -4.77. The van der Waals surface area contributed by atoms with Crippen molar-refractivity contribution in [1.29, 1.82) is 0 Å². The monoisotopic (exact) mass is 441 g/mol. The predicted molar refractivity (Wildman–Crippen MR) is 116 cm³/mol. The Morgan fingerprint density at radius 1 is 0.875 bits per heavy atom. The first-order valence-corrected chi connectivity index (χ1v) is 10.6. The molecule has 32 heavy (non-hydrogen) atoms. The molecular weight excluding hydrogens is 418 g/mol. The lowest BCUT2D eigenvalue weighted by Crippen LogP contribution is -2.39. The quantitative estimate of drug-likeness (QED) is 0.418. The van der Waals surface area contributed by atoms with E-state index in [0.29, 0.717) is 31.1 Å². The van der Waals surface area contributed by atoms with Gasteiger partial charge in [0.1, 0.15) is 5.82 Å². The van der Waals surface area contributed by atoms with Crippen molar-refractivity contribution < 1.29 is 22.4 Å². The summed E-state index contributed by atoms with van der Waals surface area (Å²) in [5, 5.41) is 0. The number of benzene rings is 3. The highest BCUT2D eigenvalue weighted by Crippen LogP contribution is 2.32. The topological polar surface area (TPSA) is 20.3 Å². The fourth-order valence-corrected chi connectivity index (χ4v) is 4.20. The van der Waals surface area contributed by atoms with Crippen LogP contribution in [-0.4, -0.2) is 23.9 Å². The number of rotatable bonds is 4. The Labute approximate surface area is 184 Å². The van der Waals surface area contributed by atoms with E-state index in [1.165, 1.54) is 16.7 Å². The summed E-state index contributed by atoms with van der Waals surface area (Å²) in [7, 11) is 0. The highest BCUT2D eigenvalue weighted by atomic mass is 19.4. The minimum absolute atomic E-state index is 0.0505. The van der Waals surface area contributed by atoms with Gasteiger partial charge in [0.15, 0.2) is 0 Å². The molecule has 1 heterocycles. The Balaban J connectivity index is 1.33. The third-order valence-electron chi connectivity index (χ3n) is 6.01. The van der Waals surface area contributed by atoms with Crippen LogP contribution >= 0.6 is 0 Å². The summed E-state index contributed by atoms with van der Waals surface area (Å²) < 4.78 is 52.0.